The van der Waals surface area contributed by atoms with Gasteiger partial charge in [-0.2, -0.15) is 0 Å². The Balaban J connectivity index is 2.20. The van der Waals surface area contributed by atoms with Crippen LogP contribution in [0.4, 0.5) is 0 Å². The van der Waals surface area contributed by atoms with Crippen LogP contribution >= 0.6 is 11.6 Å². The molecule has 0 saturated carbocycles. The molecule has 1 N–H and O–H groups in total. The van der Waals surface area contributed by atoms with Crippen LogP contribution in [0.25, 0.3) is 0 Å². The van der Waals surface area contributed by atoms with Gasteiger partial charge in [0.1, 0.15) is 0 Å². The van der Waals surface area contributed by atoms with Gasteiger partial charge in [-0.1, -0.05) is 18.2 Å². The summed E-state index contributed by atoms with van der Waals surface area (Å²) in [5.41, 5.74) is 2.42. The zero-order valence-corrected chi connectivity index (χ0v) is 12.2. The largest absolute Gasteiger partial charge is 0.381 e. The summed E-state index contributed by atoms with van der Waals surface area (Å²) in [5.74, 6) is 0.394. The van der Waals surface area contributed by atoms with Gasteiger partial charge < -0.3 is 10.1 Å². The first-order valence-corrected chi connectivity index (χ1v) is 7.14. The molecule has 1 aliphatic rings. The SMILES string of the molecule is Cc1cccc(C)c1C(=O)NC1(CCl)CCOCC1. The van der Waals surface area contributed by atoms with Gasteiger partial charge in [0, 0.05) is 24.7 Å². The fourth-order valence-electron chi connectivity index (χ4n) is 2.53. The van der Waals surface area contributed by atoms with Crippen molar-refractivity contribution in [2.24, 2.45) is 0 Å². The first kappa shape index (κ1) is 14.4. The van der Waals surface area contributed by atoms with E-state index in [1.165, 1.54) is 0 Å². The minimum absolute atomic E-state index is 0.0295. The Morgan fingerprint density at radius 3 is 2.42 bits per heavy atom. The molecule has 1 aliphatic heterocycles. The van der Waals surface area contributed by atoms with Crippen LogP contribution in [0.2, 0.25) is 0 Å². The van der Waals surface area contributed by atoms with Gasteiger partial charge in [0.25, 0.3) is 5.91 Å². The van der Waals surface area contributed by atoms with Crippen LogP contribution in [0.3, 0.4) is 0 Å². The van der Waals surface area contributed by atoms with E-state index in [0.717, 1.165) is 29.5 Å². The van der Waals surface area contributed by atoms with Gasteiger partial charge in [-0.15, -0.1) is 11.6 Å². The number of alkyl halides is 1. The van der Waals surface area contributed by atoms with Gasteiger partial charge in [0.05, 0.1) is 5.54 Å². The van der Waals surface area contributed by atoms with E-state index in [2.05, 4.69) is 5.32 Å². The Kier molecular flexibility index (Phi) is 4.48. The van der Waals surface area contributed by atoms with Crippen LogP contribution in [-0.4, -0.2) is 30.5 Å². The molecule has 1 amide bonds. The molecular formula is C15H20ClNO2. The molecule has 0 aliphatic carbocycles. The normalized spacial score (nSPS) is 18.1. The van der Waals surface area contributed by atoms with E-state index < -0.39 is 0 Å². The van der Waals surface area contributed by atoms with Crippen LogP contribution in [-0.2, 0) is 4.74 Å². The van der Waals surface area contributed by atoms with Gasteiger partial charge in [0.15, 0.2) is 0 Å². The second-order valence-electron chi connectivity index (χ2n) is 5.25. The van der Waals surface area contributed by atoms with Gasteiger partial charge in [-0.25, -0.2) is 0 Å². The Morgan fingerprint density at radius 2 is 1.89 bits per heavy atom. The zero-order chi connectivity index (χ0) is 13.9. The highest BCUT2D eigenvalue weighted by Gasteiger charge is 2.34. The average molecular weight is 282 g/mol. The van der Waals surface area contributed by atoms with E-state index >= 15 is 0 Å². The lowest BCUT2D eigenvalue weighted by molar-refractivity contribution is 0.0433. The van der Waals surface area contributed by atoms with Crippen LogP contribution in [0.5, 0.6) is 0 Å². The van der Waals surface area contributed by atoms with Crippen LogP contribution in [0.15, 0.2) is 18.2 Å². The lowest BCUT2D eigenvalue weighted by Crippen LogP contribution is -2.53. The van der Waals surface area contributed by atoms with Crippen molar-refractivity contribution < 1.29 is 9.53 Å². The molecule has 1 aromatic carbocycles. The predicted molar refractivity (Wildman–Crippen MR) is 76.9 cm³/mol. The molecule has 0 aromatic heterocycles. The molecule has 1 saturated heterocycles. The van der Waals surface area contributed by atoms with E-state index in [4.69, 9.17) is 16.3 Å². The quantitative estimate of drug-likeness (QED) is 0.865. The monoisotopic (exact) mass is 281 g/mol. The summed E-state index contributed by atoms with van der Waals surface area (Å²) in [4.78, 5) is 12.5. The van der Waals surface area contributed by atoms with Gasteiger partial charge >= 0.3 is 0 Å². The highest BCUT2D eigenvalue weighted by atomic mass is 35.5. The maximum absolute atomic E-state index is 12.5. The van der Waals surface area contributed by atoms with E-state index in [0.29, 0.717) is 19.1 Å². The Morgan fingerprint density at radius 1 is 1.32 bits per heavy atom. The molecule has 0 atom stereocenters. The number of hydrogen-bond donors (Lipinski definition) is 1. The first-order chi connectivity index (χ1) is 9.08. The number of nitrogens with one attached hydrogen (secondary N) is 1. The Labute approximate surface area is 119 Å². The minimum atomic E-state index is -0.328. The van der Waals surface area contributed by atoms with Crippen molar-refractivity contribution in [1.29, 1.82) is 0 Å². The number of hydrogen-bond acceptors (Lipinski definition) is 2. The number of rotatable bonds is 3. The fourth-order valence-corrected chi connectivity index (χ4v) is 2.86. The van der Waals surface area contributed by atoms with Crippen LogP contribution in [0, 0.1) is 13.8 Å². The number of benzene rings is 1. The van der Waals surface area contributed by atoms with Crippen molar-refractivity contribution in [3.63, 3.8) is 0 Å². The highest BCUT2D eigenvalue weighted by molar-refractivity contribution is 6.19. The van der Waals surface area contributed by atoms with Gasteiger partial charge in [-0.3, -0.25) is 4.79 Å². The molecule has 1 heterocycles. The number of aryl methyl sites for hydroxylation is 2. The number of halogens is 1. The molecule has 1 fully saturated rings. The third kappa shape index (κ3) is 3.10. The second kappa shape index (κ2) is 5.93. The summed E-state index contributed by atoms with van der Waals surface area (Å²) in [6, 6.07) is 5.88. The molecule has 4 heteroatoms. The van der Waals surface area contributed by atoms with Gasteiger partial charge in [-0.05, 0) is 37.8 Å². The maximum atomic E-state index is 12.5. The van der Waals surface area contributed by atoms with Crippen molar-refractivity contribution in [2.75, 3.05) is 19.1 Å². The zero-order valence-electron chi connectivity index (χ0n) is 11.5. The third-order valence-electron chi connectivity index (χ3n) is 3.79. The first-order valence-electron chi connectivity index (χ1n) is 6.60. The molecule has 2 rings (SSSR count). The Bertz CT molecular complexity index is 447. The van der Waals surface area contributed by atoms with E-state index in [-0.39, 0.29) is 11.4 Å². The number of carbonyl (C=O) groups is 1. The third-order valence-corrected chi connectivity index (χ3v) is 4.30. The van der Waals surface area contributed by atoms with E-state index in [9.17, 15) is 4.79 Å². The van der Waals surface area contributed by atoms with Crippen molar-refractivity contribution in [3.05, 3.63) is 34.9 Å². The molecule has 19 heavy (non-hydrogen) atoms. The fraction of sp³-hybridized carbons (Fsp3) is 0.533. The summed E-state index contributed by atoms with van der Waals surface area (Å²) in [6.07, 6.45) is 1.54. The molecule has 104 valence electrons. The van der Waals surface area contributed by atoms with Crippen molar-refractivity contribution in [2.45, 2.75) is 32.2 Å². The predicted octanol–water partition coefficient (Wildman–Crippen LogP) is 2.82. The number of carbonyl (C=O) groups excluding carboxylic acids is 1. The molecule has 3 nitrogen and oxygen atoms in total. The molecule has 0 unspecified atom stereocenters. The Hall–Kier alpha value is -1.06. The lowest BCUT2D eigenvalue weighted by atomic mass is 9.91. The summed E-state index contributed by atoms with van der Waals surface area (Å²) >= 11 is 6.08. The van der Waals surface area contributed by atoms with E-state index in [1.807, 2.05) is 32.0 Å². The van der Waals surface area contributed by atoms with Gasteiger partial charge in [0.2, 0.25) is 0 Å². The topological polar surface area (TPSA) is 38.3 Å². The van der Waals surface area contributed by atoms with Crippen LogP contribution in [0.1, 0.15) is 34.3 Å². The van der Waals surface area contributed by atoms with Crippen molar-refractivity contribution in [1.82, 2.24) is 5.32 Å². The summed E-state index contributed by atoms with van der Waals surface area (Å²) in [6.45, 7) is 5.22. The standard InChI is InChI=1S/C15H20ClNO2/c1-11-4-3-5-12(2)13(11)14(18)17-15(10-16)6-8-19-9-7-15/h3-5H,6-10H2,1-2H3,(H,17,18). The number of ether oxygens (including phenoxy) is 1. The molecule has 0 radical (unpaired) electrons. The van der Waals surface area contributed by atoms with Crippen LogP contribution < -0.4 is 5.32 Å². The molecule has 1 aromatic rings. The minimum Gasteiger partial charge on any atom is -0.381 e. The summed E-state index contributed by atoms with van der Waals surface area (Å²) in [5, 5.41) is 3.13. The average Bonchev–Trinajstić information content (AvgIpc) is 2.39. The number of amides is 1. The van der Waals surface area contributed by atoms with Crippen molar-refractivity contribution in [3.8, 4) is 0 Å². The van der Waals surface area contributed by atoms with Crippen molar-refractivity contribution >= 4 is 17.5 Å². The summed E-state index contributed by atoms with van der Waals surface area (Å²) in [7, 11) is 0. The maximum Gasteiger partial charge on any atom is 0.252 e. The lowest BCUT2D eigenvalue weighted by Gasteiger charge is -2.36. The molecule has 0 bridgehead atoms. The molecule has 0 spiro atoms. The smallest absolute Gasteiger partial charge is 0.252 e. The highest BCUT2D eigenvalue weighted by Crippen LogP contribution is 2.24. The van der Waals surface area contributed by atoms with E-state index in [1.54, 1.807) is 0 Å². The summed E-state index contributed by atoms with van der Waals surface area (Å²) < 4.78 is 5.35. The second-order valence-corrected chi connectivity index (χ2v) is 5.51. The molecular weight excluding hydrogens is 262 g/mol.